The van der Waals surface area contributed by atoms with Crippen LogP contribution in [0, 0.1) is 17.8 Å². The number of fused-ring (bicyclic) bond motifs is 1. The van der Waals surface area contributed by atoms with Gasteiger partial charge in [0.2, 0.25) is 5.91 Å². The van der Waals surface area contributed by atoms with Crippen LogP contribution in [-0.4, -0.2) is 41.6 Å². The van der Waals surface area contributed by atoms with Gasteiger partial charge in [-0.15, -0.1) is 0 Å². The molecule has 1 spiro atoms. The van der Waals surface area contributed by atoms with Crippen molar-refractivity contribution in [2.75, 3.05) is 13.1 Å². The summed E-state index contributed by atoms with van der Waals surface area (Å²) in [5.41, 5.74) is -0.721. The Morgan fingerprint density at radius 3 is 3.00 bits per heavy atom. The van der Waals surface area contributed by atoms with Crippen molar-refractivity contribution in [2.45, 2.75) is 25.6 Å². The molecule has 4 atom stereocenters. The van der Waals surface area contributed by atoms with Crippen LogP contribution >= 0.6 is 0 Å². The Labute approximate surface area is 105 Å². The molecular formula is C13H16NO4-. The Morgan fingerprint density at radius 1 is 1.67 bits per heavy atom. The molecule has 2 bridgehead atoms. The van der Waals surface area contributed by atoms with Crippen LogP contribution in [0.3, 0.4) is 0 Å². The molecule has 0 aromatic rings. The van der Waals surface area contributed by atoms with Gasteiger partial charge in [-0.05, 0) is 5.92 Å². The predicted octanol–water partition coefficient (Wildman–Crippen LogP) is -0.826. The average Bonchev–Trinajstić information content (AvgIpc) is 2.87. The smallest absolute Gasteiger partial charge is 0.229 e. The number of hydrogen-bond donors (Lipinski definition) is 0. The van der Waals surface area contributed by atoms with Gasteiger partial charge in [0.1, 0.15) is 5.60 Å². The molecule has 3 aliphatic rings. The van der Waals surface area contributed by atoms with E-state index >= 15 is 0 Å². The Morgan fingerprint density at radius 2 is 2.39 bits per heavy atom. The highest BCUT2D eigenvalue weighted by atomic mass is 16.5. The van der Waals surface area contributed by atoms with Crippen molar-refractivity contribution in [3.8, 4) is 0 Å². The van der Waals surface area contributed by atoms with Crippen molar-refractivity contribution in [2.24, 2.45) is 17.8 Å². The lowest BCUT2D eigenvalue weighted by Gasteiger charge is -2.24. The molecule has 5 nitrogen and oxygen atoms in total. The molecule has 18 heavy (non-hydrogen) atoms. The summed E-state index contributed by atoms with van der Waals surface area (Å²) in [6.45, 7) is 5.16. The van der Waals surface area contributed by atoms with Crippen LogP contribution in [0.5, 0.6) is 0 Å². The van der Waals surface area contributed by atoms with Gasteiger partial charge in [0.05, 0.1) is 18.6 Å². The Bertz CT molecular complexity index is 444. The molecule has 0 N–H and O–H groups in total. The summed E-state index contributed by atoms with van der Waals surface area (Å²) in [6.07, 6.45) is 3.12. The first-order chi connectivity index (χ1) is 8.44. The maximum absolute atomic E-state index is 12.3. The minimum atomic E-state index is -1.18. The zero-order chi connectivity index (χ0) is 13.1. The van der Waals surface area contributed by atoms with Gasteiger partial charge in [0, 0.05) is 18.4 Å². The fourth-order valence-corrected chi connectivity index (χ4v) is 3.44. The second-order valence-electron chi connectivity index (χ2n) is 5.83. The van der Waals surface area contributed by atoms with E-state index in [-0.39, 0.29) is 5.91 Å². The molecule has 3 rings (SSSR count). The van der Waals surface area contributed by atoms with Crippen molar-refractivity contribution in [1.82, 2.24) is 4.90 Å². The third kappa shape index (κ3) is 1.37. The number of aliphatic carboxylic acids is 1. The van der Waals surface area contributed by atoms with Crippen molar-refractivity contribution < 1.29 is 19.4 Å². The molecule has 0 aliphatic carbocycles. The van der Waals surface area contributed by atoms with Crippen LogP contribution in [0.4, 0.5) is 0 Å². The minimum Gasteiger partial charge on any atom is -0.550 e. The average molecular weight is 250 g/mol. The lowest BCUT2D eigenvalue weighted by atomic mass is 9.77. The zero-order valence-corrected chi connectivity index (χ0v) is 10.5. The molecule has 3 heterocycles. The number of carboxylic acids is 1. The maximum Gasteiger partial charge on any atom is 0.229 e. The van der Waals surface area contributed by atoms with Crippen molar-refractivity contribution in [1.29, 1.82) is 0 Å². The summed E-state index contributed by atoms with van der Waals surface area (Å²) < 4.78 is 5.75. The molecule has 5 heteroatoms. The number of nitrogens with zero attached hydrogens (tertiary/aromatic N) is 1. The Balaban J connectivity index is 1.92. The largest absolute Gasteiger partial charge is 0.550 e. The third-order valence-corrected chi connectivity index (χ3v) is 4.04. The predicted molar refractivity (Wildman–Crippen MR) is 60.1 cm³/mol. The standard InChI is InChI=1S/C13H17NO4/c1-7(2)5-14-6-13-4-3-8(18-13)9(12(16)17)10(13)11(14)15/h3-4,7-10H,5-6H2,1-2H3,(H,16,17)/p-1/t8-,9-,10+,13-/m0/s1. The highest BCUT2D eigenvalue weighted by Gasteiger charge is 2.65. The number of carbonyl (C=O) groups excluding carboxylic acids is 2. The molecule has 3 aliphatic heterocycles. The molecule has 2 fully saturated rings. The Hall–Kier alpha value is -1.36. The van der Waals surface area contributed by atoms with E-state index < -0.39 is 29.5 Å². The SMILES string of the molecule is CC(C)CN1C[C@]23C=C[C@H](O2)[C@H](C(=O)[O-])[C@@H]3C1=O. The third-order valence-electron chi connectivity index (χ3n) is 4.04. The summed E-state index contributed by atoms with van der Waals surface area (Å²) in [7, 11) is 0. The molecule has 0 aromatic carbocycles. The highest BCUT2D eigenvalue weighted by molar-refractivity contribution is 5.90. The molecule has 2 saturated heterocycles. The van der Waals surface area contributed by atoms with E-state index in [1.807, 2.05) is 19.9 Å². The monoisotopic (exact) mass is 250 g/mol. The van der Waals surface area contributed by atoms with Gasteiger partial charge < -0.3 is 19.5 Å². The first-order valence-corrected chi connectivity index (χ1v) is 6.31. The summed E-state index contributed by atoms with van der Waals surface area (Å²) in [4.78, 5) is 25.3. The first-order valence-electron chi connectivity index (χ1n) is 6.31. The topological polar surface area (TPSA) is 69.7 Å². The maximum atomic E-state index is 12.3. The van der Waals surface area contributed by atoms with E-state index in [9.17, 15) is 14.7 Å². The second kappa shape index (κ2) is 3.57. The van der Waals surface area contributed by atoms with Crippen LogP contribution in [0.25, 0.3) is 0 Å². The van der Waals surface area contributed by atoms with Crippen LogP contribution in [0.15, 0.2) is 12.2 Å². The zero-order valence-electron chi connectivity index (χ0n) is 10.5. The summed E-state index contributed by atoms with van der Waals surface area (Å²) in [6, 6.07) is 0. The van der Waals surface area contributed by atoms with Crippen molar-refractivity contribution in [3.05, 3.63) is 12.2 Å². The molecule has 0 aromatic heterocycles. The molecule has 0 radical (unpaired) electrons. The molecule has 1 amide bonds. The van der Waals surface area contributed by atoms with Gasteiger partial charge in [0.15, 0.2) is 0 Å². The molecule has 0 unspecified atom stereocenters. The minimum absolute atomic E-state index is 0.107. The van der Waals surface area contributed by atoms with E-state index in [2.05, 4.69) is 0 Å². The summed E-state index contributed by atoms with van der Waals surface area (Å²) >= 11 is 0. The van der Waals surface area contributed by atoms with Gasteiger partial charge in [-0.2, -0.15) is 0 Å². The number of likely N-dealkylation sites (tertiary alicyclic amines) is 1. The van der Waals surface area contributed by atoms with Crippen LogP contribution in [-0.2, 0) is 14.3 Å². The van der Waals surface area contributed by atoms with Gasteiger partial charge in [0.25, 0.3) is 0 Å². The number of carboxylic acid groups (broad SMARTS) is 1. The van der Waals surface area contributed by atoms with E-state index in [1.54, 1.807) is 11.0 Å². The molecule has 98 valence electrons. The van der Waals surface area contributed by atoms with Gasteiger partial charge >= 0.3 is 0 Å². The number of amides is 1. The fraction of sp³-hybridized carbons (Fsp3) is 0.692. The van der Waals surface area contributed by atoms with E-state index in [0.29, 0.717) is 19.0 Å². The quantitative estimate of drug-likeness (QED) is 0.613. The van der Waals surface area contributed by atoms with Crippen molar-refractivity contribution in [3.63, 3.8) is 0 Å². The summed E-state index contributed by atoms with van der Waals surface area (Å²) in [5, 5.41) is 11.2. The van der Waals surface area contributed by atoms with Crippen molar-refractivity contribution >= 4 is 11.9 Å². The van der Waals surface area contributed by atoms with Gasteiger partial charge in [-0.25, -0.2) is 0 Å². The molecular weight excluding hydrogens is 234 g/mol. The number of ether oxygens (including phenoxy) is 1. The summed E-state index contributed by atoms with van der Waals surface area (Å²) in [5.74, 6) is -2.37. The van der Waals surface area contributed by atoms with Gasteiger partial charge in [-0.1, -0.05) is 26.0 Å². The fourth-order valence-electron chi connectivity index (χ4n) is 3.44. The highest BCUT2D eigenvalue weighted by Crippen LogP contribution is 2.51. The number of hydrogen-bond acceptors (Lipinski definition) is 4. The second-order valence-corrected chi connectivity index (χ2v) is 5.83. The number of rotatable bonds is 3. The van der Waals surface area contributed by atoms with E-state index in [1.165, 1.54) is 0 Å². The van der Waals surface area contributed by atoms with E-state index in [0.717, 1.165) is 0 Å². The van der Waals surface area contributed by atoms with E-state index in [4.69, 9.17) is 4.74 Å². The van der Waals surface area contributed by atoms with Gasteiger partial charge in [-0.3, -0.25) is 4.79 Å². The van der Waals surface area contributed by atoms with Crippen LogP contribution in [0.1, 0.15) is 13.8 Å². The van der Waals surface area contributed by atoms with Crippen LogP contribution in [0.2, 0.25) is 0 Å². The molecule has 0 saturated carbocycles. The normalized spacial score (nSPS) is 40.9. The lowest BCUT2D eigenvalue weighted by molar-refractivity contribution is -0.313. The lowest BCUT2D eigenvalue weighted by Crippen LogP contribution is -2.45. The Kier molecular flexibility index (Phi) is 2.32. The first kappa shape index (κ1) is 11.7. The van der Waals surface area contributed by atoms with Crippen LogP contribution < -0.4 is 5.11 Å². The number of carbonyl (C=O) groups is 2.